The Labute approximate surface area is 141 Å². The molecule has 0 saturated carbocycles. The van der Waals surface area contributed by atoms with Crippen molar-refractivity contribution in [2.24, 2.45) is 0 Å². The van der Waals surface area contributed by atoms with Gasteiger partial charge >= 0.3 is 0 Å². The molecule has 0 bridgehead atoms. The lowest BCUT2D eigenvalue weighted by atomic mass is 10.0. The van der Waals surface area contributed by atoms with Gasteiger partial charge in [0.25, 0.3) is 0 Å². The molecule has 1 aromatic carbocycles. The number of halogens is 2. The van der Waals surface area contributed by atoms with E-state index >= 15 is 0 Å². The van der Waals surface area contributed by atoms with Gasteiger partial charge in [0.05, 0.1) is 16.1 Å². The average molecular weight is 355 g/mol. The lowest BCUT2D eigenvalue weighted by Gasteiger charge is -2.20. The zero-order valence-corrected chi connectivity index (χ0v) is 13.9. The number of nitrogens with zero attached hydrogens (tertiary/aromatic N) is 4. The largest absolute Gasteiger partial charge is 0.337 e. The molecule has 2 heterocycles. The highest BCUT2D eigenvalue weighted by molar-refractivity contribution is 7.71. The molecule has 0 fully saturated rings. The molecule has 9 heteroatoms. The second-order valence-corrected chi connectivity index (χ2v) is 5.90. The van der Waals surface area contributed by atoms with Crippen LogP contribution in [-0.2, 0) is 0 Å². The topological polar surface area (TPSA) is 75.2 Å². The van der Waals surface area contributed by atoms with E-state index in [-0.39, 0.29) is 6.04 Å². The van der Waals surface area contributed by atoms with E-state index in [2.05, 4.69) is 32.5 Å². The lowest BCUT2D eigenvalue weighted by Crippen LogP contribution is -2.11. The molecular weight excluding hydrogens is 343 g/mol. The van der Waals surface area contributed by atoms with Crippen molar-refractivity contribution in [3.63, 3.8) is 0 Å². The number of hydrogen-bond acceptors (Lipinski definition) is 4. The zero-order valence-electron chi connectivity index (χ0n) is 11.5. The second kappa shape index (κ2) is 6.20. The van der Waals surface area contributed by atoms with Crippen LogP contribution in [0, 0.1) is 4.77 Å². The minimum Gasteiger partial charge on any atom is -0.337 e. The molecule has 6 nitrogen and oxygen atoms in total. The fourth-order valence-electron chi connectivity index (χ4n) is 2.43. The monoisotopic (exact) mass is 354 g/mol. The van der Waals surface area contributed by atoms with E-state index < -0.39 is 0 Å². The standard InChI is InChI=1S/C13H12Cl2N6S/c1-2-10(7-3-4-8(14)9(15)5-7)21-11(6-16-13(21)22)12-17-19-20-18-12/h3-6,10H,2H2,1H3,(H,16,22)(H,17,18,19,20). The van der Waals surface area contributed by atoms with Crippen molar-refractivity contribution in [2.75, 3.05) is 0 Å². The van der Waals surface area contributed by atoms with Crippen LogP contribution in [0.25, 0.3) is 11.5 Å². The Bertz CT molecular complexity index is 839. The number of nitrogens with one attached hydrogen (secondary N) is 2. The number of H-pyrrole nitrogens is 2. The number of tetrazole rings is 1. The summed E-state index contributed by atoms with van der Waals surface area (Å²) in [5.74, 6) is 0.547. The molecule has 3 rings (SSSR count). The summed E-state index contributed by atoms with van der Waals surface area (Å²) in [5.41, 5.74) is 1.80. The van der Waals surface area contributed by atoms with Crippen LogP contribution in [0.5, 0.6) is 0 Å². The van der Waals surface area contributed by atoms with Crippen LogP contribution in [0.3, 0.4) is 0 Å². The Balaban J connectivity index is 2.13. The van der Waals surface area contributed by atoms with E-state index in [4.69, 9.17) is 35.4 Å². The van der Waals surface area contributed by atoms with Gasteiger partial charge in [0.2, 0.25) is 0 Å². The Hall–Kier alpha value is -1.70. The molecule has 114 valence electrons. The van der Waals surface area contributed by atoms with E-state index in [1.807, 2.05) is 16.7 Å². The van der Waals surface area contributed by atoms with E-state index in [1.165, 1.54) is 0 Å². The molecular formula is C13H12Cl2N6S. The van der Waals surface area contributed by atoms with Crippen molar-refractivity contribution in [1.82, 2.24) is 30.2 Å². The maximum atomic E-state index is 6.14. The summed E-state index contributed by atoms with van der Waals surface area (Å²) in [6, 6.07) is 5.58. The average Bonchev–Trinajstić information content (AvgIpc) is 3.14. The van der Waals surface area contributed by atoms with Crippen LogP contribution in [0.1, 0.15) is 24.9 Å². The summed E-state index contributed by atoms with van der Waals surface area (Å²) in [6.45, 7) is 2.07. The molecule has 22 heavy (non-hydrogen) atoms. The highest BCUT2D eigenvalue weighted by atomic mass is 35.5. The fraction of sp³-hybridized carbons (Fsp3) is 0.231. The van der Waals surface area contributed by atoms with Crippen molar-refractivity contribution in [1.29, 1.82) is 0 Å². The minimum atomic E-state index is -0.00591. The van der Waals surface area contributed by atoms with E-state index in [0.717, 1.165) is 17.7 Å². The third kappa shape index (κ3) is 2.67. The number of imidazole rings is 1. The maximum Gasteiger partial charge on any atom is 0.197 e. The Morgan fingerprint density at radius 2 is 2.14 bits per heavy atom. The van der Waals surface area contributed by atoms with Crippen molar-refractivity contribution in [3.05, 3.63) is 44.8 Å². The van der Waals surface area contributed by atoms with Crippen molar-refractivity contribution in [3.8, 4) is 11.5 Å². The Morgan fingerprint density at radius 3 is 2.77 bits per heavy atom. The summed E-state index contributed by atoms with van der Waals surface area (Å²) < 4.78 is 2.56. The predicted octanol–water partition coefficient (Wildman–Crippen LogP) is 4.03. The molecule has 0 amide bonds. The number of aromatic amines is 2. The highest BCUT2D eigenvalue weighted by Gasteiger charge is 2.19. The molecule has 1 atom stereocenters. The van der Waals surface area contributed by atoms with Crippen LogP contribution in [0.2, 0.25) is 10.0 Å². The minimum absolute atomic E-state index is 0.00591. The predicted molar refractivity (Wildman–Crippen MR) is 87.7 cm³/mol. The van der Waals surface area contributed by atoms with E-state index in [0.29, 0.717) is 20.6 Å². The van der Waals surface area contributed by atoms with E-state index in [1.54, 1.807) is 12.3 Å². The molecule has 0 aliphatic carbocycles. The Kier molecular flexibility index (Phi) is 4.28. The van der Waals surface area contributed by atoms with Crippen LogP contribution < -0.4 is 0 Å². The quantitative estimate of drug-likeness (QED) is 0.693. The lowest BCUT2D eigenvalue weighted by molar-refractivity contribution is 0.563. The maximum absolute atomic E-state index is 6.14. The summed E-state index contributed by atoms with van der Waals surface area (Å²) in [7, 11) is 0. The fourth-order valence-corrected chi connectivity index (χ4v) is 3.02. The third-order valence-corrected chi connectivity index (χ3v) is 4.48. The van der Waals surface area contributed by atoms with Gasteiger partial charge in [0.1, 0.15) is 5.69 Å². The first-order valence-corrected chi connectivity index (χ1v) is 7.77. The molecule has 2 N–H and O–H groups in total. The number of hydrogen-bond donors (Lipinski definition) is 2. The van der Waals surface area contributed by atoms with Gasteiger partial charge in [-0.3, -0.25) is 0 Å². The number of benzene rings is 1. The van der Waals surface area contributed by atoms with Crippen LogP contribution >= 0.6 is 35.4 Å². The first kappa shape index (κ1) is 15.2. The second-order valence-electron chi connectivity index (χ2n) is 4.70. The van der Waals surface area contributed by atoms with Gasteiger partial charge in [-0.25, -0.2) is 5.10 Å². The third-order valence-electron chi connectivity index (χ3n) is 3.43. The molecule has 0 aliphatic rings. The molecule has 0 saturated heterocycles. The van der Waals surface area contributed by atoms with E-state index in [9.17, 15) is 0 Å². The summed E-state index contributed by atoms with van der Waals surface area (Å²) in [5, 5.41) is 15.0. The van der Waals surface area contributed by atoms with Gasteiger partial charge in [0, 0.05) is 6.20 Å². The van der Waals surface area contributed by atoms with Gasteiger partial charge in [0.15, 0.2) is 10.6 Å². The molecule has 0 radical (unpaired) electrons. The van der Waals surface area contributed by atoms with Crippen LogP contribution in [-0.4, -0.2) is 30.2 Å². The van der Waals surface area contributed by atoms with Crippen molar-refractivity contribution >= 4 is 35.4 Å². The van der Waals surface area contributed by atoms with Gasteiger partial charge in [-0.05, 0) is 46.8 Å². The van der Waals surface area contributed by atoms with Gasteiger partial charge < -0.3 is 9.55 Å². The van der Waals surface area contributed by atoms with Crippen LogP contribution in [0.15, 0.2) is 24.4 Å². The molecule has 1 unspecified atom stereocenters. The molecule has 0 aliphatic heterocycles. The van der Waals surface area contributed by atoms with Gasteiger partial charge in [-0.2, -0.15) is 0 Å². The smallest absolute Gasteiger partial charge is 0.197 e. The zero-order chi connectivity index (χ0) is 15.7. The first-order chi connectivity index (χ1) is 10.6. The summed E-state index contributed by atoms with van der Waals surface area (Å²) >= 11 is 17.6. The first-order valence-electron chi connectivity index (χ1n) is 6.60. The van der Waals surface area contributed by atoms with Gasteiger partial charge in [-0.1, -0.05) is 36.2 Å². The number of aromatic nitrogens is 6. The van der Waals surface area contributed by atoms with Crippen molar-refractivity contribution < 1.29 is 0 Å². The SMILES string of the molecule is CCC(c1ccc(Cl)c(Cl)c1)n1c(-c2nnn[nH]2)c[nH]c1=S. The van der Waals surface area contributed by atoms with Crippen LogP contribution in [0.4, 0.5) is 0 Å². The molecule has 2 aromatic heterocycles. The molecule has 3 aromatic rings. The highest BCUT2D eigenvalue weighted by Crippen LogP contribution is 2.31. The summed E-state index contributed by atoms with van der Waals surface area (Å²) in [6.07, 6.45) is 2.60. The van der Waals surface area contributed by atoms with Crippen molar-refractivity contribution in [2.45, 2.75) is 19.4 Å². The summed E-state index contributed by atoms with van der Waals surface area (Å²) in [4.78, 5) is 3.04. The normalized spacial score (nSPS) is 12.5. The van der Waals surface area contributed by atoms with Gasteiger partial charge in [-0.15, -0.1) is 5.10 Å². The number of rotatable bonds is 4. The Morgan fingerprint density at radius 1 is 1.32 bits per heavy atom. The molecule has 0 spiro atoms.